The zero-order valence-electron chi connectivity index (χ0n) is 73.3. The number of H-pyrrole nitrogens is 3. The second kappa shape index (κ2) is 46.3. The number of fused-ring (bicyclic) bond motifs is 11. The first kappa shape index (κ1) is 98.4. The third-order valence-electron chi connectivity index (χ3n) is 24.1. The number of ketones is 1. The maximum atomic E-state index is 15.6. The number of amides is 16. The Labute approximate surface area is 749 Å². The number of aromatic amines is 3. The number of thioether (sulfide) groups is 1. The first-order valence-electron chi connectivity index (χ1n) is 43.6. The molecule has 15 atom stereocenters. The lowest BCUT2D eigenvalue weighted by Crippen LogP contribution is -2.60. The molecule has 4 fully saturated rings. The summed E-state index contributed by atoms with van der Waals surface area (Å²) in [5.74, 6) is -17.3. The van der Waals surface area contributed by atoms with Crippen LogP contribution in [0.2, 0.25) is 0 Å². The van der Waals surface area contributed by atoms with Crippen molar-refractivity contribution in [1.82, 2.24) is 97.6 Å². The molecule has 129 heavy (non-hydrogen) atoms. The largest absolute Gasteiger partial charge is 0.508 e. The Hall–Kier alpha value is -12.8. The maximum absolute atomic E-state index is 15.6. The second-order valence-corrected chi connectivity index (χ2v) is 34.4. The van der Waals surface area contributed by atoms with Crippen LogP contribution in [0.15, 0.2) is 97.7 Å². The molecule has 4 saturated heterocycles. The van der Waals surface area contributed by atoms with Gasteiger partial charge in [0, 0.05) is 137 Å². The van der Waals surface area contributed by atoms with E-state index in [1.165, 1.54) is 81.6 Å². The number of nitrogens with one attached hydrogen (secondary N) is 13. The fourth-order valence-corrected chi connectivity index (χ4v) is 17.4. The van der Waals surface area contributed by atoms with Gasteiger partial charge in [0.15, 0.2) is 5.78 Å². The van der Waals surface area contributed by atoms with Gasteiger partial charge in [-0.3, -0.25) is 81.5 Å². The van der Waals surface area contributed by atoms with Crippen molar-refractivity contribution in [3.05, 3.63) is 120 Å². The average Bonchev–Trinajstić information content (AvgIpc) is 1.64. The molecular formula is C88H118N20O20S. The van der Waals surface area contributed by atoms with E-state index >= 15 is 38.4 Å². The predicted octanol–water partition coefficient (Wildman–Crippen LogP) is -1.70. The molecule has 3 aromatic heterocycles. The molecule has 0 unspecified atom stereocenters. The Morgan fingerprint density at radius 2 is 1.17 bits per heavy atom. The summed E-state index contributed by atoms with van der Waals surface area (Å²) in [6, 6.07) is 0.326. The highest BCUT2D eigenvalue weighted by atomic mass is 32.2. The molecule has 40 nitrogen and oxygen atoms in total. The van der Waals surface area contributed by atoms with Crippen LogP contribution in [0, 0.1) is 5.92 Å². The van der Waals surface area contributed by atoms with Crippen LogP contribution in [0.5, 0.6) is 5.75 Å². The molecule has 10 rings (SSSR count). The molecule has 4 aliphatic heterocycles. The number of para-hydroxylation sites is 2. The van der Waals surface area contributed by atoms with E-state index in [2.05, 4.69) is 73.1 Å². The first-order chi connectivity index (χ1) is 61.7. The van der Waals surface area contributed by atoms with Crippen molar-refractivity contribution in [3.63, 3.8) is 0 Å². The number of nitrogens with zero attached hydrogens (tertiary/aromatic N) is 6. The molecule has 6 aromatic rings. The lowest BCUT2D eigenvalue weighted by atomic mass is 9.90. The van der Waals surface area contributed by atoms with Gasteiger partial charge in [-0.05, 0) is 99.7 Å². The van der Waals surface area contributed by atoms with Crippen molar-refractivity contribution < 1.29 is 96.8 Å². The van der Waals surface area contributed by atoms with Crippen LogP contribution in [-0.4, -0.2) is 310 Å². The van der Waals surface area contributed by atoms with Gasteiger partial charge in [-0.1, -0.05) is 88.1 Å². The highest BCUT2D eigenvalue weighted by Gasteiger charge is 2.47. The molecular weight excluding hydrogens is 1690 g/mol. The van der Waals surface area contributed by atoms with Crippen LogP contribution in [0.25, 0.3) is 21.8 Å². The Morgan fingerprint density at radius 1 is 0.574 bits per heavy atom. The number of carbonyl (C=O) groups is 17. The summed E-state index contributed by atoms with van der Waals surface area (Å²) in [7, 11) is 3.98. The zero-order chi connectivity index (χ0) is 93.4. The number of unbranched alkanes of at least 4 members (excludes halogenated alkanes) is 2. The number of rotatable bonds is 18. The minimum absolute atomic E-state index is 0.0261. The van der Waals surface area contributed by atoms with Gasteiger partial charge in [0.1, 0.15) is 78.3 Å². The molecule has 41 heteroatoms. The number of phenols is 1. The highest BCUT2D eigenvalue weighted by molar-refractivity contribution is 8.00. The van der Waals surface area contributed by atoms with E-state index in [4.69, 9.17) is 5.73 Å². The van der Waals surface area contributed by atoms with Crippen LogP contribution in [-0.2, 0) is 107 Å². The lowest BCUT2D eigenvalue weighted by molar-refractivity contribution is -0.149. The van der Waals surface area contributed by atoms with Crippen LogP contribution in [0.3, 0.4) is 0 Å². The third-order valence-corrected chi connectivity index (χ3v) is 25.1. The van der Waals surface area contributed by atoms with Gasteiger partial charge in [0.05, 0.1) is 37.4 Å². The lowest BCUT2D eigenvalue weighted by Gasteiger charge is -2.36. The topological polar surface area (TPSA) is 574 Å². The van der Waals surface area contributed by atoms with Crippen molar-refractivity contribution in [2.45, 2.75) is 221 Å². The number of likely N-dealkylation sites (N-methyl/N-ethyl adjacent to an activating group) is 3. The van der Waals surface area contributed by atoms with Gasteiger partial charge in [0.2, 0.25) is 94.5 Å². The van der Waals surface area contributed by atoms with Gasteiger partial charge in [0.25, 0.3) is 0 Å². The number of primary amides is 1. The van der Waals surface area contributed by atoms with Crippen LogP contribution in [0.1, 0.15) is 134 Å². The SMILES string of the molecule is CCCC[C@H]1C(=O)N(C)[C@@H](CCCC)C(=O)N[C@@H](C)C(=O)N[C@H](C(=O)NCC(N)=O)CSCC(=O)N[C@@H](Cc2ccc(O)cc2)C(=O)N(C)[C@@H](C)C(=O)N[C@H]2CCC(=O)NCC[C@H](NC(=O)[C@H](Cc3cnc[nH]3)NC(=O)[C@@H]3CCCN3C2=O)C(=O)N2C[C@H](O)C[C@H]2C(=O)C[C@@H](Cc2c[nH]c3ccccc23)C(=O)N[C@@H](CO)C(=O)N[C@@H](Cc2c[nH]c3ccccc23)C(=O)N1C. The van der Waals surface area contributed by atoms with E-state index in [0.29, 0.717) is 69.9 Å². The number of hydrogen-bond donors (Lipinski definition) is 17. The van der Waals surface area contributed by atoms with Crippen molar-refractivity contribution in [1.29, 1.82) is 0 Å². The summed E-state index contributed by atoms with van der Waals surface area (Å²) in [4.78, 5) is 269. The van der Waals surface area contributed by atoms with E-state index in [1.54, 1.807) is 60.9 Å². The Balaban J connectivity index is 1.02. The van der Waals surface area contributed by atoms with Gasteiger partial charge in [-0.25, -0.2) is 4.98 Å². The van der Waals surface area contributed by atoms with Crippen molar-refractivity contribution in [2.75, 3.05) is 65.4 Å². The monoisotopic (exact) mass is 1810 g/mol. The fourth-order valence-electron chi connectivity index (χ4n) is 16.5. The number of phenolic OH excluding ortho intramolecular Hbond substituents is 1. The molecule has 7 heterocycles. The molecule has 0 saturated carbocycles. The van der Waals surface area contributed by atoms with Gasteiger partial charge in [-0.15, -0.1) is 11.8 Å². The van der Waals surface area contributed by atoms with Crippen molar-refractivity contribution in [2.24, 2.45) is 11.7 Å². The average molecular weight is 1810 g/mol. The number of nitrogens with two attached hydrogens (primary N) is 1. The molecule has 2 bridgehead atoms. The smallest absolute Gasteiger partial charge is 0.245 e. The minimum Gasteiger partial charge on any atom is -0.508 e. The van der Waals surface area contributed by atoms with E-state index in [1.807, 2.05) is 13.8 Å². The summed E-state index contributed by atoms with van der Waals surface area (Å²) in [5.41, 5.74) is 8.52. The number of Topliss-reactive ketones (excluding diaryl/α,β-unsaturated/α-hetero) is 1. The van der Waals surface area contributed by atoms with E-state index in [0.717, 1.165) is 26.5 Å². The van der Waals surface area contributed by atoms with Crippen molar-refractivity contribution in [3.8, 4) is 5.75 Å². The minimum atomic E-state index is -1.85. The molecule has 3 aromatic carbocycles. The first-order valence-corrected chi connectivity index (χ1v) is 44.7. The molecule has 0 spiro atoms. The van der Waals surface area contributed by atoms with Gasteiger partial charge >= 0.3 is 0 Å². The number of aliphatic hydroxyl groups is 2. The van der Waals surface area contributed by atoms with Crippen LogP contribution < -0.4 is 58.9 Å². The number of carbonyl (C=O) groups excluding carboxylic acids is 17. The molecule has 4 aliphatic rings. The Kier molecular flexibility index (Phi) is 35.3. The van der Waals surface area contributed by atoms with Crippen LogP contribution in [0.4, 0.5) is 0 Å². The highest BCUT2D eigenvalue weighted by Crippen LogP contribution is 2.30. The number of imidazole rings is 1. The number of hydrogen-bond acceptors (Lipinski definition) is 22. The summed E-state index contributed by atoms with van der Waals surface area (Å²) in [6.07, 6.45) is 3.44. The Morgan fingerprint density at radius 3 is 1.82 bits per heavy atom. The fraction of sp³-hybridized carbons (Fsp3) is 0.523. The standard InChI is InChI=1S/C88H118N20O20S/c1-8-10-21-68-82(122)96-48(3)76(116)103-67(79(119)94-42-73(89)113)45-129-46-75(115)97-64(33-50-24-26-55(110)27-25-50)84(124)104(5)49(4)77(117)98-61-28-29-74(114)91-31-30-62(99-80(120)63(37-54-41-90-47-95-54)100-83(123)69-23-16-32-107(69)86(61)126)87(127)108-43-56(111)38-71(108)72(112)36-51(34-52-39-92-59-19-14-12-17-57(52)59)78(118)102-66(44-109)81(121)101-65(35-53-40-93-60-20-15-13-18-58(53)60)85(125)106(7)70(22-11-9-2)88(128)105(68)6/h12-15,17-20,24-27,39-41,47-49,51,56,61-71,92-93,109-111H,8-11,16,21-23,28-38,42-46H2,1-7H3,(H2,89,113)(H,90,95)(H,91,114)(H,94,119)(H,96,122)(H,97,115)(H,98,117)(H,99,120)(H,100,123)(H,101,121)(H,102,118)(H,103,116)/t48-,49-,51+,56+,61-,62-,63-,64-,65-,66-,67-,68-,69-,70-,71-/m0/s1. The third kappa shape index (κ3) is 26.0. The number of aromatic nitrogens is 4. The van der Waals surface area contributed by atoms with E-state index in [-0.39, 0.29) is 82.4 Å². The molecule has 0 radical (unpaired) electrons. The van der Waals surface area contributed by atoms with Gasteiger partial charge in [-0.2, -0.15) is 0 Å². The molecule has 0 aliphatic carbocycles. The summed E-state index contributed by atoms with van der Waals surface area (Å²) >= 11 is 0.796. The maximum Gasteiger partial charge on any atom is 0.245 e. The number of aliphatic hydroxyl groups excluding tert-OH is 2. The Bertz CT molecular complexity index is 5050. The number of benzene rings is 3. The molecule has 16 amide bonds. The predicted molar refractivity (Wildman–Crippen MR) is 471 cm³/mol. The van der Waals surface area contributed by atoms with Crippen molar-refractivity contribution >= 4 is 134 Å². The zero-order valence-corrected chi connectivity index (χ0v) is 74.1. The molecule has 18 N–H and O–H groups in total. The van der Waals surface area contributed by atoms with E-state index < -0.39 is 242 Å². The summed E-state index contributed by atoms with van der Waals surface area (Å²) in [5, 5.41) is 60.8. The quantitative estimate of drug-likeness (QED) is 0.0456. The van der Waals surface area contributed by atoms with E-state index in [9.17, 15) is 58.5 Å². The molecule has 696 valence electrons. The van der Waals surface area contributed by atoms with Gasteiger partial charge < -0.3 is 114 Å². The number of aromatic hydroxyl groups is 1. The normalized spacial score (nSPS) is 26.1. The summed E-state index contributed by atoms with van der Waals surface area (Å²) in [6.45, 7) is 3.68. The summed E-state index contributed by atoms with van der Waals surface area (Å²) < 4.78 is 0. The van der Waals surface area contributed by atoms with Crippen LogP contribution >= 0.6 is 11.8 Å². The second-order valence-electron chi connectivity index (χ2n) is 33.3.